The summed E-state index contributed by atoms with van der Waals surface area (Å²) < 4.78 is 2.68. The van der Waals surface area contributed by atoms with Gasteiger partial charge in [0, 0.05) is 70.7 Å². The lowest BCUT2D eigenvalue weighted by molar-refractivity contribution is -0.117. The van der Waals surface area contributed by atoms with E-state index in [1.54, 1.807) is 24.3 Å². The Morgan fingerprint density at radius 3 is 1.95 bits per heavy atom. The topological polar surface area (TPSA) is 87.3 Å². The molecular formula is C27H22Br3Cl4N3O3. The molecule has 0 aliphatic carbocycles. The number of carbonyl (C=O) groups is 3. The van der Waals surface area contributed by atoms with E-state index in [0.29, 0.717) is 45.9 Å². The molecule has 0 spiro atoms. The SMILES string of the molecule is O=C(CCCl)Nc1cc(Cl)cc(Br)c1.O=C1CCc2c(Br)cc(Cl)cc2N1.O=C1CCc2c(Cl)cc(Br)cc2N1. The molecule has 2 aliphatic rings. The standard InChI is InChI=1S/C9H8BrCl2NO.2C9H7BrClNO/c10-6-3-7(12)5-8(4-6)13-9(14)1-2-11;10-7-3-5(11)4-8-6(7)1-2-9(13)12-8;10-5-3-7(11)6-1-2-9(13)12-8(6)4-5/h3-5H,1-2H2,(H,13,14);2*3-4H,1-2H2,(H,12,13). The third-order valence-electron chi connectivity index (χ3n) is 5.54. The first-order valence-corrected chi connectivity index (χ1v) is 15.9. The molecular weight excluding hydrogens is 796 g/mol. The number of fused-ring (bicyclic) bond motifs is 2. The Bertz CT molecular complexity index is 1350. The average molecular weight is 818 g/mol. The van der Waals surface area contributed by atoms with Crippen molar-refractivity contribution in [3.8, 4) is 0 Å². The molecule has 13 heteroatoms. The van der Waals surface area contributed by atoms with E-state index in [9.17, 15) is 14.4 Å². The number of amides is 3. The second-order valence-corrected chi connectivity index (χ2v) is 12.9. The number of alkyl halides is 1. The number of halogens is 7. The van der Waals surface area contributed by atoms with Crippen molar-refractivity contribution in [3.63, 3.8) is 0 Å². The van der Waals surface area contributed by atoms with Crippen LogP contribution in [0.3, 0.4) is 0 Å². The average Bonchev–Trinajstić information content (AvgIpc) is 2.83. The Balaban J connectivity index is 0.000000165. The third kappa shape index (κ3) is 10.2. The van der Waals surface area contributed by atoms with Crippen LogP contribution >= 0.6 is 94.2 Å². The molecule has 0 fully saturated rings. The van der Waals surface area contributed by atoms with E-state index in [4.69, 9.17) is 46.4 Å². The summed E-state index contributed by atoms with van der Waals surface area (Å²) in [6.07, 6.45) is 2.87. The Morgan fingerprint density at radius 2 is 1.32 bits per heavy atom. The number of carbonyl (C=O) groups excluding carboxylic acids is 3. The van der Waals surface area contributed by atoms with Gasteiger partial charge in [-0.3, -0.25) is 14.4 Å². The molecule has 5 rings (SSSR count). The van der Waals surface area contributed by atoms with Crippen LogP contribution in [-0.2, 0) is 27.2 Å². The van der Waals surface area contributed by atoms with Crippen molar-refractivity contribution in [2.24, 2.45) is 0 Å². The van der Waals surface area contributed by atoms with E-state index in [-0.39, 0.29) is 17.7 Å². The first kappa shape index (κ1) is 33.2. The first-order chi connectivity index (χ1) is 18.9. The zero-order valence-corrected chi connectivity index (χ0v) is 28.4. The number of hydrogen-bond acceptors (Lipinski definition) is 3. The summed E-state index contributed by atoms with van der Waals surface area (Å²) in [6.45, 7) is 0. The van der Waals surface area contributed by atoms with Gasteiger partial charge in [0.25, 0.3) is 0 Å². The normalized spacial score (nSPS) is 13.3. The molecule has 2 heterocycles. The maximum Gasteiger partial charge on any atom is 0.225 e. The lowest BCUT2D eigenvalue weighted by atomic mass is 10.0. The van der Waals surface area contributed by atoms with Gasteiger partial charge in [-0.25, -0.2) is 0 Å². The van der Waals surface area contributed by atoms with Gasteiger partial charge in [-0.2, -0.15) is 0 Å². The first-order valence-electron chi connectivity index (χ1n) is 11.8. The quantitative estimate of drug-likeness (QED) is 0.230. The molecule has 212 valence electrons. The van der Waals surface area contributed by atoms with Gasteiger partial charge < -0.3 is 16.0 Å². The van der Waals surface area contributed by atoms with Crippen molar-refractivity contribution in [3.05, 3.63) is 82.1 Å². The Kier molecular flexibility index (Phi) is 13.1. The van der Waals surface area contributed by atoms with Crippen molar-refractivity contribution in [1.29, 1.82) is 0 Å². The molecule has 0 atom stereocenters. The third-order valence-corrected chi connectivity index (χ3v) is 8.13. The van der Waals surface area contributed by atoms with Crippen LogP contribution in [0.2, 0.25) is 15.1 Å². The minimum atomic E-state index is -0.117. The highest BCUT2D eigenvalue weighted by molar-refractivity contribution is 9.11. The van der Waals surface area contributed by atoms with Crippen LogP contribution in [0.25, 0.3) is 0 Å². The molecule has 3 aromatic carbocycles. The minimum absolute atomic E-state index is 0.0571. The largest absolute Gasteiger partial charge is 0.326 e. The molecule has 3 N–H and O–H groups in total. The van der Waals surface area contributed by atoms with Gasteiger partial charge in [0.05, 0.1) is 0 Å². The van der Waals surface area contributed by atoms with E-state index in [0.717, 1.165) is 48.8 Å². The second kappa shape index (κ2) is 15.8. The minimum Gasteiger partial charge on any atom is -0.326 e. The zero-order chi connectivity index (χ0) is 29.4. The number of nitrogens with one attached hydrogen (secondary N) is 3. The maximum atomic E-state index is 11.2. The van der Waals surface area contributed by atoms with Gasteiger partial charge >= 0.3 is 0 Å². The summed E-state index contributed by atoms with van der Waals surface area (Å²) in [5, 5.41) is 10.2. The van der Waals surface area contributed by atoms with E-state index < -0.39 is 0 Å². The maximum absolute atomic E-state index is 11.2. The summed E-state index contributed by atoms with van der Waals surface area (Å²) >= 11 is 33.1. The lowest BCUT2D eigenvalue weighted by Gasteiger charge is -2.18. The summed E-state index contributed by atoms with van der Waals surface area (Å²) in [5.41, 5.74) is 4.49. The van der Waals surface area contributed by atoms with Crippen molar-refractivity contribution in [2.45, 2.75) is 32.1 Å². The molecule has 0 aromatic heterocycles. The fourth-order valence-corrected chi connectivity index (χ4v) is 6.72. The molecule has 3 aromatic rings. The second-order valence-electron chi connectivity index (χ2n) is 8.57. The van der Waals surface area contributed by atoms with Gasteiger partial charge in [0.2, 0.25) is 17.7 Å². The smallest absolute Gasteiger partial charge is 0.225 e. The summed E-state index contributed by atoms with van der Waals surface area (Å²) in [4.78, 5) is 33.3. The molecule has 3 amide bonds. The molecule has 0 radical (unpaired) electrons. The fraction of sp³-hybridized carbons (Fsp3) is 0.222. The number of rotatable bonds is 3. The van der Waals surface area contributed by atoms with Crippen molar-refractivity contribution in [2.75, 3.05) is 21.8 Å². The van der Waals surface area contributed by atoms with E-state index >= 15 is 0 Å². The molecule has 0 saturated heterocycles. The highest BCUT2D eigenvalue weighted by Gasteiger charge is 2.18. The fourth-order valence-electron chi connectivity index (χ4n) is 3.78. The Hall–Kier alpha value is -1.33. The van der Waals surface area contributed by atoms with Crippen molar-refractivity contribution in [1.82, 2.24) is 0 Å². The van der Waals surface area contributed by atoms with Gasteiger partial charge in [-0.05, 0) is 66.4 Å². The molecule has 6 nitrogen and oxygen atoms in total. The van der Waals surface area contributed by atoms with Gasteiger partial charge in [-0.15, -0.1) is 11.6 Å². The van der Waals surface area contributed by atoms with E-state index in [1.807, 2.05) is 18.2 Å². The molecule has 0 saturated carbocycles. The summed E-state index contributed by atoms with van der Waals surface area (Å²) in [7, 11) is 0. The zero-order valence-electron chi connectivity index (χ0n) is 20.7. The van der Waals surface area contributed by atoms with Crippen LogP contribution in [0.1, 0.15) is 30.4 Å². The Morgan fingerprint density at radius 1 is 0.750 bits per heavy atom. The van der Waals surface area contributed by atoms with E-state index in [2.05, 4.69) is 63.7 Å². The number of benzene rings is 3. The Labute approximate surface area is 277 Å². The monoisotopic (exact) mass is 813 g/mol. The molecule has 40 heavy (non-hydrogen) atoms. The molecule has 0 unspecified atom stereocenters. The number of anilines is 3. The van der Waals surface area contributed by atoms with Crippen molar-refractivity contribution >= 4 is 129 Å². The highest BCUT2D eigenvalue weighted by atomic mass is 79.9. The molecule has 0 bridgehead atoms. The predicted molar refractivity (Wildman–Crippen MR) is 175 cm³/mol. The van der Waals surface area contributed by atoms with Gasteiger partial charge in [0.1, 0.15) is 0 Å². The number of hydrogen-bond donors (Lipinski definition) is 3. The van der Waals surface area contributed by atoms with Crippen molar-refractivity contribution < 1.29 is 14.4 Å². The summed E-state index contributed by atoms with van der Waals surface area (Å²) in [5.74, 6) is 0.311. The van der Waals surface area contributed by atoms with Crippen LogP contribution in [0.15, 0.2) is 55.9 Å². The van der Waals surface area contributed by atoms with Gasteiger partial charge in [0.15, 0.2) is 0 Å². The van der Waals surface area contributed by atoms with E-state index in [1.165, 1.54) is 0 Å². The van der Waals surface area contributed by atoms with Crippen LogP contribution < -0.4 is 16.0 Å². The van der Waals surface area contributed by atoms with Crippen LogP contribution in [0, 0.1) is 0 Å². The molecule has 2 aliphatic heterocycles. The van der Waals surface area contributed by atoms with Crippen LogP contribution in [-0.4, -0.2) is 23.6 Å². The van der Waals surface area contributed by atoms with Crippen LogP contribution in [0.4, 0.5) is 17.1 Å². The highest BCUT2D eigenvalue weighted by Crippen LogP contribution is 2.34. The van der Waals surface area contributed by atoms with Crippen LogP contribution in [0.5, 0.6) is 0 Å². The predicted octanol–water partition coefficient (Wildman–Crippen LogP) is 9.64. The van der Waals surface area contributed by atoms with Gasteiger partial charge in [-0.1, -0.05) is 82.6 Å². The summed E-state index contributed by atoms with van der Waals surface area (Å²) in [6, 6.07) is 12.5. The lowest BCUT2D eigenvalue weighted by Crippen LogP contribution is -2.19.